The van der Waals surface area contributed by atoms with Crippen LogP contribution in [0.5, 0.6) is 0 Å². The van der Waals surface area contributed by atoms with E-state index in [1.165, 1.54) is 30.5 Å². The van der Waals surface area contributed by atoms with Gasteiger partial charge in [-0.25, -0.2) is 8.78 Å². The second-order valence-electron chi connectivity index (χ2n) is 5.96. The molecule has 3 nitrogen and oxygen atoms in total. The number of alkyl halides is 1. The average molecular weight is 352 g/mol. The third-order valence-corrected chi connectivity index (χ3v) is 4.70. The maximum atomic E-state index is 15.4. The summed E-state index contributed by atoms with van der Waals surface area (Å²) in [5, 5.41) is 9.93. The van der Waals surface area contributed by atoms with Gasteiger partial charge in [-0.2, -0.15) is 0 Å². The van der Waals surface area contributed by atoms with Crippen LogP contribution in [0.15, 0.2) is 36.5 Å². The lowest BCUT2D eigenvalue weighted by atomic mass is 9.77. The van der Waals surface area contributed by atoms with E-state index < -0.39 is 23.4 Å². The predicted molar refractivity (Wildman–Crippen MR) is 86.0 cm³/mol. The number of rotatable bonds is 4. The zero-order valence-corrected chi connectivity index (χ0v) is 13.6. The molecule has 0 radical (unpaired) electrons. The van der Waals surface area contributed by atoms with Gasteiger partial charge in [-0.15, -0.1) is 0 Å². The molecule has 0 aliphatic heterocycles. The maximum Gasteiger partial charge on any atom is 0.195 e. The van der Waals surface area contributed by atoms with Crippen LogP contribution in [-0.4, -0.2) is 15.9 Å². The normalized spacial score (nSPS) is 22.9. The van der Waals surface area contributed by atoms with Crippen LogP contribution in [0.2, 0.25) is 5.02 Å². The molecular weight excluding hydrogens is 336 g/mol. The predicted octanol–water partition coefficient (Wildman–Crippen LogP) is 4.07. The van der Waals surface area contributed by atoms with Crippen LogP contribution >= 0.6 is 11.6 Å². The molecule has 3 rings (SSSR count). The molecule has 126 valence electrons. The summed E-state index contributed by atoms with van der Waals surface area (Å²) >= 11 is 5.72. The maximum absolute atomic E-state index is 15.4. The minimum Gasteiger partial charge on any atom is -0.387 e. The lowest BCUT2D eigenvalue weighted by Gasteiger charge is -2.32. The fourth-order valence-corrected chi connectivity index (χ4v) is 3.27. The van der Waals surface area contributed by atoms with Crippen molar-refractivity contribution in [1.82, 2.24) is 4.98 Å². The van der Waals surface area contributed by atoms with Crippen molar-refractivity contribution in [3.63, 3.8) is 0 Å². The van der Waals surface area contributed by atoms with Gasteiger partial charge in [0.05, 0.1) is 16.8 Å². The molecular formula is C18H16ClF2NO2. The number of benzene rings is 1. The van der Waals surface area contributed by atoms with Gasteiger partial charge in [0.1, 0.15) is 5.82 Å². The second-order valence-corrected chi connectivity index (χ2v) is 6.37. The highest BCUT2D eigenvalue weighted by molar-refractivity contribution is 6.30. The highest BCUT2D eigenvalue weighted by Gasteiger charge is 2.45. The Bertz CT molecular complexity index is 783. The first-order chi connectivity index (χ1) is 11.4. The van der Waals surface area contributed by atoms with E-state index in [0.717, 1.165) is 0 Å². The van der Waals surface area contributed by atoms with Crippen LogP contribution in [0.4, 0.5) is 8.78 Å². The number of hydrogen-bond donors (Lipinski definition) is 1. The number of hydrogen-bond acceptors (Lipinski definition) is 3. The van der Waals surface area contributed by atoms with Gasteiger partial charge >= 0.3 is 0 Å². The summed E-state index contributed by atoms with van der Waals surface area (Å²) in [5.41, 5.74) is -1.11. The number of aromatic nitrogens is 1. The van der Waals surface area contributed by atoms with Crippen molar-refractivity contribution < 1.29 is 18.7 Å². The fraction of sp³-hybridized carbons (Fsp3) is 0.333. The SMILES string of the molecule is O=C(CCc1ccc(F)c(Cl)c1)[C@]1(F)CC[C@H](O)c2ncccc21. The Morgan fingerprint density at radius 2 is 2.21 bits per heavy atom. The van der Waals surface area contributed by atoms with Gasteiger partial charge in [0.25, 0.3) is 0 Å². The Kier molecular flexibility index (Phi) is 4.65. The molecule has 0 fully saturated rings. The van der Waals surface area contributed by atoms with E-state index in [4.69, 9.17) is 11.6 Å². The van der Waals surface area contributed by atoms with Crippen LogP contribution in [0.1, 0.15) is 42.2 Å². The monoisotopic (exact) mass is 351 g/mol. The number of carbonyl (C=O) groups is 1. The number of Topliss-reactive ketones (excluding diaryl/α,β-unsaturated/α-hetero) is 1. The molecule has 1 N–H and O–H groups in total. The largest absolute Gasteiger partial charge is 0.387 e. The first-order valence-electron chi connectivity index (χ1n) is 7.71. The van der Waals surface area contributed by atoms with Gasteiger partial charge in [-0.05, 0) is 43.0 Å². The Labute approximate surface area is 143 Å². The van der Waals surface area contributed by atoms with Gasteiger partial charge < -0.3 is 5.11 Å². The Morgan fingerprint density at radius 3 is 2.96 bits per heavy atom. The molecule has 0 spiro atoms. The number of aliphatic hydroxyl groups is 1. The number of nitrogens with zero attached hydrogens (tertiary/aromatic N) is 1. The molecule has 1 aliphatic carbocycles. The molecule has 2 aromatic rings. The number of aryl methyl sites for hydroxylation is 1. The van der Waals surface area contributed by atoms with E-state index in [2.05, 4.69) is 4.98 Å². The zero-order valence-electron chi connectivity index (χ0n) is 12.8. The van der Waals surface area contributed by atoms with E-state index >= 15 is 4.39 Å². The summed E-state index contributed by atoms with van der Waals surface area (Å²) in [7, 11) is 0. The minimum absolute atomic E-state index is 0.0229. The zero-order chi connectivity index (χ0) is 17.3. The molecule has 1 heterocycles. The standard InChI is InChI=1S/C18H16ClF2NO2/c19-13-10-11(3-5-14(13)20)4-6-16(24)18(21)8-7-15(23)17-12(18)2-1-9-22-17/h1-3,5,9-10,15,23H,4,6-8H2/t15-,18-/m0/s1. The van der Waals surface area contributed by atoms with E-state index in [0.29, 0.717) is 5.56 Å². The Morgan fingerprint density at radius 1 is 1.42 bits per heavy atom. The third-order valence-electron chi connectivity index (χ3n) is 4.41. The van der Waals surface area contributed by atoms with Crippen molar-refractivity contribution in [1.29, 1.82) is 0 Å². The van der Waals surface area contributed by atoms with Crippen molar-refractivity contribution in [2.45, 2.75) is 37.5 Å². The summed E-state index contributed by atoms with van der Waals surface area (Å²) in [5.74, 6) is -1.10. The topological polar surface area (TPSA) is 50.2 Å². The summed E-state index contributed by atoms with van der Waals surface area (Å²) in [6.07, 6.45) is 0.920. The molecule has 0 saturated heterocycles. The van der Waals surface area contributed by atoms with Crippen LogP contribution in [0.3, 0.4) is 0 Å². The molecule has 1 aromatic heterocycles. The highest BCUT2D eigenvalue weighted by Crippen LogP contribution is 2.43. The van der Waals surface area contributed by atoms with E-state index in [1.807, 2.05) is 0 Å². The van der Waals surface area contributed by atoms with Crippen LogP contribution < -0.4 is 0 Å². The van der Waals surface area contributed by atoms with Gasteiger partial charge in [0.15, 0.2) is 11.5 Å². The third kappa shape index (κ3) is 3.06. The van der Waals surface area contributed by atoms with E-state index in [9.17, 15) is 14.3 Å². The van der Waals surface area contributed by atoms with Crippen molar-refractivity contribution >= 4 is 17.4 Å². The average Bonchev–Trinajstić information content (AvgIpc) is 2.59. The molecule has 2 atom stereocenters. The molecule has 1 aliphatic rings. The van der Waals surface area contributed by atoms with Crippen LogP contribution in [0, 0.1) is 5.82 Å². The van der Waals surface area contributed by atoms with Crippen LogP contribution in [-0.2, 0) is 16.9 Å². The first kappa shape index (κ1) is 17.0. The molecule has 0 unspecified atom stereocenters. The summed E-state index contributed by atoms with van der Waals surface area (Å²) in [6.45, 7) is 0. The molecule has 0 saturated carbocycles. The molecule has 6 heteroatoms. The number of halogens is 3. The molecule has 1 aromatic carbocycles. The summed E-state index contributed by atoms with van der Waals surface area (Å²) in [6, 6.07) is 7.24. The fourth-order valence-electron chi connectivity index (χ4n) is 3.07. The van der Waals surface area contributed by atoms with Gasteiger partial charge in [-0.1, -0.05) is 23.7 Å². The second kappa shape index (κ2) is 6.57. The van der Waals surface area contributed by atoms with Gasteiger partial charge in [-0.3, -0.25) is 9.78 Å². The quantitative estimate of drug-likeness (QED) is 0.903. The lowest BCUT2D eigenvalue weighted by molar-refractivity contribution is -0.133. The summed E-state index contributed by atoms with van der Waals surface area (Å²) in [4.78, 5) is 16.5. The Balaban J connectivity index is 1.79. The smallest absolute Gasteiger partial charge is 0.195 e. The van der Waals surface area contributed by atoms with Crippen molar-refractivity contribution in [3.05, 3.63) is 64.2 Å². The lowest BCUT2D eigenvalue weighted by Crippen LogP contribution is -2.36. The van der Waals surface area contributed by atoms with Crippen molar-refractivity contribution in [3.8, 4) is 0 Å². The van der Waals surface area contributed by atoms with E-state index in [-0.39, 0.29) is 42.0 Å². The number of ketones is 1. The van der Waals surface area contributed by atoms with Gasteiger partial charge in [0.2, 0.25) is 0 Å². The number of aliphatic hydroxyl groups excluding tert-OH is 1. The first-order valence-corrected chi connectivity index (χ1v) is 8.09. The van der Waals surface area contributed by atoms with Crippen molar-refractivity contribution in [2.24, 2.45) is 0 Å². The summed E-state index contributed by atoms with van der Waals surface area (Å²) < 4.78 is 28.6. The molecule has 0 bridgehead atoms. The number of fused-ring (bicyclic) bond motifs is 1. The minimum atomic E-state index is -2.15. The number of pyridine rings is 1. The highest BCUT2D eigenvalue weighted by atomic mass is 35.5. The Hall–Kier alpha value is -1.85. The van der Waals surface area contributed by atoms with Crippen LogP contribution in [0.25, 0.3) is 0 Å². The molecule has 0 amide bonds. The number of carbonyl (C=O) groups excluding carboxylic acids is 1. The van der Waals surface area contributed by atoms with E-state index in [1.54, 1.807) is 6.07 Å². The molecule has 24 heavy (non-hydrogen) atoms. The van der Waals surface area contributed by atoms with Gasteiger partial charge in [0, 0.05) is 18.2 Å². The van der Waals surface area contributed by atoms with Crippen molar-refractivity contribution in [2.75, 3.05) is 0 Å².